The van der Waals surface area contributed by atoms with E-state index in [0.717, 1.165) is 44.1 Å². The maximum absolute atomic E-state index is 12.4. The second-order valence-corrected chi connectivity index (χ2v) is 7.16. The van der Waals surface area contributed by atoms with Gasteiger partial charge in [-0.25, -0.2) is 0 Å². The van der Waals surface area contributed by atoms with Crippen molar-refractivity contribution < 1.29 is 4.79 Å². The van der Waals surface area contributed by atoms with Crippen molar-refractivity contribution in [1.29, 1.82) is 0 Å². The molecule has 1 aliphatic carbocycles. The van der Waals surface area contributed by atoms with E-state index in [1.807, 2.05) is 6.08 Å². The molecule has 1 aromatic carbocycles. The van der Waals surface area contributed by atoms with Gasteiger partial charge in [0.2, 0.25) is 5.91 Å². The lowest BCUT2D eigenvalue weighted by Crippen LogP contribution is -2.23. The van der Waals surface area contributed by atoms with Gasteiger partial charge in [-0.15, -0.1) is 6.58 Å². The Morgan fingerprint density at radius 1 is 1.19 bits per heavy atom. The molecule has 0 aliphatic heterocycles. The first-order chi connectivity index (χ1) is 12.7. The Morgan fingerprint density at radius 3 is 2.69 bits per heavy atom. The molecule has 2 rings (SSSR count). The normalized spacial score (nSPS) is 19.3. The van der Waals surface area contributed by atoms with Gasteiger partial charge >= 0.3 is 0 Å². The van der Waals surface area contributed by atoms with Crippen LogP contribution in [0, 0.1) is 5.92 Å². The number of allylic oxidation sites excluding steroid dienone is 3. The molecule has 0 aromatic heterocycles. The number of likely N-dealkylation sites (N-methyl/N-ethyl adjacent to an activating group) is 1. The van der Waals surface area contributed by atoms with Gasteiger partial charge in [0, 0.05) is 12.6 Å². The number of unbranched alkanes of at least 4 members (excludes halogenated alkanes) is 3. The average Bonchev–Trinajstić information content (AvgIpc) is 2.68. The minimum atomic E-state index is 0.0818. The van der Waals surface area contributed by atoms with E-state index < -0.39 is 0 Å². The van der Waals surface area contributed by atoms with E-state index in [1.54, 1.807) is 7.05 Å². The van der Waals surface area contributed by atoms with Crippen LogP contribution in [0.25, 0.3) is 6.08 Å². The summed E-state index contributed by atoms with van der Waals surface area (Å²) in [7, 11) is 1.73. The molecule has 1 fully saturated rings. The Labute approximate surface area is 159 Å². The second-order valence-electron chi connectivity index (χ2n) is 7.16. The number of carbonyl (C=O) groups is 1. The maximum Gasteiger partial charge on any atom is 0.246 e. The first-order valence-corrected chi connectivity index (χ1v) is 10.0. The average molecular weight is 352 g/mol. The molecule has 0 saturated heterocycles. The molecule has 1 aromatic rings. The zero-order chi connectivity index (χ0) is 18.6. The van der Waals surface area contributed by atoms with Gasteiger partial charge in [0.15, 0.2) is 0 Å². The van der Waals surface area contributed by atoms with Crippen LogP contribution in [0.5, 0.6) is 0 Å². The number of carbonyl (C=O) groups excluding carboxylic acids is 1. The molecule has 1 N–H and O–H groups in total. The third kappa shape index (κ3) is 6.67. The summed E-state index contributed by atoms with van der Waals surface area (Å²) in [6.45, 7) is 3.77. The fourth-order valence-corrected chi connectivity index (χ4v) is 3.70. The van der Waals surface area contributed by atoms with E-state index in [0.29, 0.717) is 5.92 Å². The van der Waals surface area contributed by atoms with Crippen molar-refractivity contribution in [3.63, 3.8) is 0 Å². The molecule has 0 spiro atoms. The molecule has 2 heteroatoms. The van der Waals surface area contributed by atoms with Gasteiger partial charge in [-0.2, -0.15) is 0 Å². The molecule has 1 saturated carbocycles. The van der Waals surface area contributed by atoms with Crippen molar-refractivity contribution in [2.24, 2.45) is 5.92 Å². The van der Waals surface area contributed by atoms with E-state index in [9.17, 15) is 4.79 Å². The zero-order valence-electron chi connectivity index (χ0n) is 16.2. The van der Waals surface area contributed by atoms with Crippen LogP contribution >= 0.6 is 0 Å². The monoisotopic (exact) mass is 351 g/mol. The maximum atomic E-state index is 12.4. The van der Waals surface area contributed by atoms with Crippen molar-refractivity contribution in [3.8, 4) is 0 Å². The van der Waals surface area contributed by atoms with Gasteiger partial charge in [-0.1, -0.05) is 60.6 Å². The summed E-state index contributed by atoms with van der Waals surface area (Å²) in [4.78, 5) is 12.4. The Morgan fingerprint density at radius 2 is 1.96 bits per heavy atom. The predicted octanol–water partition coefficient (Wildman–Crippen LogP) is 6.07. The molecule has 1 unspecified atom stereocenters. The molecule has 1 atom stereocenters. The number of amides is 1. The van der Waals surface area contributed by atoms with Crippen LogP contribution in [-0.4, -0.2) is 13.0 Å². The Kier molecular flexibility index (Phi) is 8.95. The van der Waals surface area contributed by atoms with Crippen molar-refractivity contribution in [1.82, 2.24) is 5.32 Å². The van der Waals surface area contributed by atoms with E-state index in [4.69, 9.17) is 0 Å². The first-order valence-electron chi connectivity index (χ1n) is 10.0. The van der Waals surface area contributed by atoms with Gasteiger partial charge in [-0.3, -0.25) is 4.79 Å². The van der Waals surface area contributed by atoms with Crippen LogP contribution in [0.3, 0.4) is 0 Å². The lowest BCUT2D eigenvalue weighted by molar-refractivity contribution is -0.117. The van der Waals surface area contributed by atoms with Crippen LogP contribution in [0.2, 0.25) is 0 Å². The highest BCUT2D eigenvalue weighted by atomic mass is 16.1. The van der Waals surface area contributed by atoms with Crippen LogP contribution in [-0.2, 0) is 4.79 Å². The quantitative estimate of drug-likeness (QED) is 0.326. The standard InChI is InChI=1S/C24H33NO/c1-3-4-5-6-10-17-23(24(26)25-2)19-22-16-12-11-15-21(22)18-20-13-8-7-9-14-20/h3,7-9,13-14,17-18,22H,1,4-6,10-12,15-16,19H2,2H3,(H,25,26)/b21-18?,23-17-. The lowest BCUT2D eigenvalue weighted by atomic mass is 9.79. The summed E-state index contributed by atoms with van der Waals surface area (Å²) in [5.41, 5.74) is 3.73. The number of benzene rings is 1. The van der Waals surface area contributed by atoms with Crippen molar-refractivity contribution >= 4 is 12.0 Å². The van der Waals surface area contributed by atoms with Crippen LogP contribution in [0.15, 0.2) is 60.2 Å². The summed E-state index contributed by atoms with van der Waals surface area (Å²) in [5, 5.41) is 2.83. The molecular weight excluding hydrogens is 318 g/mol. The topological polar surface area (TPSA) is 29.1 Å². The number of hydrogen-bond acceptors (Lipinski definition) is 1. The van der Waals surface area contributed by atoms with E-state index in [-0.39, 0.29) is 5.91 Å². The van der Waals surface area contributed by atoms with Gasteiger partial charge in [0.25, 0.3) is 0 Å². The van der Waals surface area contributed by atoms with Crippen LogP contribution in [0.1, 0.15) is 63.4 Å². The third-order valence-corrected chi connectivity index (χ3v) is 5.18. The number of rotatable bonds is 9. The van der Waals surface area contributed by atoms with Gasteiger partial charge in [-0.05, 0) is 62.8 Å². The van der Waals surface area contributed by atoms with Gasteiger partial charge < -0.3 is 5.32 Å². The highest BCUT2D eigenvalue weighted by Crippen LogP contribution is 2.35. The van der Waals surface area contributed by atoms with E-state index in [2.05, 4.69) is 54.4 Å². The highest BCUT2D eigenvalue weighted by Gasteiger charge is 2.22. The Bertz CT molecular complexity index is 627. The van der Waals surface area contributed by atoms with Gasteiger partial charge in [0.05, 0.1) is 0 Å². The second kappa shape index (κ2) is 11.5. The molecule has 1 aliphatic rings. The molecule has 2 nitrogen and oxygen atoms in total. The number of hydrogen-bond donors (Lipinski definition) is 1. The van der Waals surface area contributed by atoms with Crippen LogP contribution < -0.4 is 5.32 Å². The van der Waals surface area contributed by atoms with Gasteiger partial charge in [0.1, 0.15) is 0 Å². The molecule has 1 amide bonds. The largest absolute Gasteiger partial charge is 0.355 e. The van der Waals surface area contributed by atoms with Crippen molar-refractivity contribution in [2.75, 3.05) is 7.05 Å². The van der Waals surface area contributed by atoms with Crippen molar-refractivity contribution in [3.05, 3.63) is 65.8 Å². The summed E-state index contributed by atoms with van der Waals surface area (Å²) < 4.78 is 0. The number of nitrogens with one attached hydrogen (secondary N) is 1. The Balaban J connectivity index is 2.08. The summed E-state index contributed by atoms with van der Waals surface area (Å²) in [5.74, 6) is 0.569. The smallest absolute Gasteiger partial charge is 0.246 e. The fraction of sp³-hybridized carbons (Fsp3) is 0.458. The fourth-order valence-electron chi connectivity index (χ4n) is 3.70. The highest BCUT2D eigenvalue weighted by molar-refractivity contribution is 5.93. The van der Waals surface area contributed by atoms with E-state index in [1.165, 1.54) is 30.4 Å². The zero-order valence-corrected chi connectivity index (χ0v) is 16.2. The third-order valence-electron chi connectivity index (χ3n) is 5.18. The van der Waals surface area contributed by atoms with Crippen molar-refractivity contribution in [2.45, 2.75) is 57.8 Å². The predicted molar refractivity (Wildman–Crippen MR) is 112 cm³/mol. The minimum Gasteiger partial charge on any atom is -0.355 e. The summed E-state index contributed by atoms with van der Waals surface area (Å²) in [6, 6.07) is 10.5. The SMILES string of the molecule is C=CCCCC/C=C(/CC1CCCCC1=Cc1ccccc1)C(=O)NC. The molecular formula is C24H33NO. The molecule has 0 heterocycles. The summed E-state index contributed by atoms with van der Waals surface area (Å²) in [6.07, 6.45) is 16.5. The lowest BCUT2D eigenvalue weighted by Gasteiger charge is -2.26. The molecule has 140 valence electrons. The molecule has 0 radical (unpaired) electrons. The first kappa shape index (κ1) is 20.2. The van der Waals surface area contributed by atoms with Crippen LogP contribution in [0.4, 0.5) is 0 Å². The molecule has 0 bridgehead atoms. The minimum absolute atomic E-state index is 0.0818. The Hall–Kier alpha value is -2.09. The van der Waals surface area contributed by atoms with E-state index >= 15 is 0 Å². The molecule has 26 heavy (non-hydrogen) atoms. The summed E-state index contributed by atoms with van der Waals surface area (Å²) >= 11 is 0.